The van der Waals surface area contributed by atoms with Crippen molar-refractivity contribution in [3.05, 3.63) is 53.1 Å². The molecule has 1 atom stereocenters. The molecular weight excluding hydrogens is 398 g/mol. The van der Waals surface area contributed by atoms with E-state index in [-0.39, 0.29) is 6.54 Å². The lowest BCUT2D eigenvalue weighted by atomic mass is 9.91. The molecule has 0 spiro atoms. The first kappa shape index (κ1) is 19.4. The minimum absolute atomic E-state index is 0.359. The highest BCUT2D eigenvalue weighted by atomic mass is 16.6. The number of benzene rings is 2. The first-order valence-electron chi connectivity index (χ1n) is 10.4. The molecule has 8 nitrogen and oxygen atoms in total. The first-order valence-corrected chi connectivity index (χ1v) is 10.4. The lowest BCUT2D eigenvalue weighted by Gasteiger charge is -2.25. The number of aryl methyl sites for hydroxylation is 2. The molecule has 1 fully saturated rings. The summed E-state index contributed by atoms with van der Waals surface area (Å²) in [6.45, 7) is 2.15. The van der Waals surface area contributed by atoms with Gasteiger partial charge in [0.25, 0.3) is 5.91 Å². The number of amides is 4. The van der Waals surface area contributed by atoms with E-state index < -0.39 is 23.4 Å². The lowest BCUT2D eigenvalue weighted by molar-refractivity contribution is -0.133. The van der Waals surface area contributed by atoms with E-state index in [1.807, 2.05) is 18.2 Å². The van der Waals surface area contributed by atoms with Crippen LogP contribution in [0.2, 0.25) is 0 Å². The summed E-state index contributed by atoms with van der Waals surface area (Å²) in [6, 6.07) is 10.4. The van der Waals surface area contributed by atoms with Crippen LogP contribution in [0.25, 0.3) is 0 Å². The Morgan fingerprint density at radius 1 is 1.06 bits per heavy atom. The van der Waals surface area contributed by atoms with Crippen LogP contribution in [-0.4, -0.2) is 42.5 Å². The molecular formula is C23H23N3O5. The van der Waals surface area contributed by atoms with E-state index in [0.29, 0.717) is 36.0 Å². The average molecular weight is 421 g/mol. The third-order valence-electron chi connectivity index (χ3n) is 6.08. The Bertz CT molecular complexity index is 1100. The van der Waals surface area contributed by atoms with Crippen LogP contribution in [0.5, 0.6) is 11.5 Å². The summed E-state index contributed by atoms with van der Waals surface area (Å²) < 4.78 is 11.1. The molecule has 3 aliphatic rings. The number of imide groups is 1. The van der Waals surface area contributed by atoms with E-state index >= 15 is 0 Å². The van der Waals surface area contributed by atoms with E-state index in [2.05, 4.69) is 10.6 Å². The molecule has 31 heavy (non-hydrogen) atoms. The maximum Gasteiger partial charge on any atom is 0.325 e. The van der Waals surface area contributed by atoms with Crippen LogP contribution in [0.1, 0.15) is 30.0 Å². The van der Waals surface area contributed by atoms with Crippen molar-refractivity contribution in [1.82, 2.24) is 10.2 Å². The van der Waals surface area contributed by atoms with Crippen LogP contribution in [0.3, 0.4) is 0 Å². The van der Waals surface area contributed by atoms with Gasteiger partial charge in [-0.1, -0.05) is 12.1 Å². The Morgan fingerprint density at radius 2 is 1.84 bits per heavy atom. The van der Waals surface area contributed by atoms with Gasteiger partial charge in [0.05, 0.1) is 0 Å². The number of carbonyl (C=O) groups excluding carboxylic acids is 3. The van der Waals surface area contributed by atoms with Crippen LogP contribution in [0, 0.1) is 0 Å². The minimum Gasteiger partial charge on any atom is -0.486 e. The van der Waals surface area contributed by atoms with E-state index in [1.165, 1.54) is 11.1 Å². The van der Waals surface area contributed by atoms with Crippen molar-refractivity contribution in [2.75, 3.05) is 25.1 Å². The molecule has 2 aromatic carbocycles. The van der Waals surface area contributed by atoms with E-state index in [1.54, 1.807) is 25.1 Å². The fourth-order valence-corrected chi connectivity index (χ4v) is 4.38. The van der Waals surface area contributed by atoms with Gasteiger partial charge in [0.1, 0.15) is 25.3 Å². The molecule has 4 amide bonds. The smallest absolute Gasteiger partial charge is 0.325 e. The fourth-order valence-electron chi connectivity index (χ4n) is 4.38. The molecule has 0 unspecified atom stereocenters. The van der Waals surface area contributed by atoms with Gasteiger partial charge in [-0.15, -0.1) is 0 Å². The highest BCUT2D eigenvalue weighted by molar-refractivity contribution is 6.10. The normalized spacial score (nSPS) is 21.6. The van der Waals surface area contributed by atoms with Gasteiger partial charge in [-0.05, 0) is 67.1 Å². The van der Waals surface area contributed by atoms with Crippen LogP contribution in [-0.2, 0) is 28.0 Å². The molecule has 0 bridgehead atoms. The zero-order chi connectivity index (χ0) is 21.6. The second-order valence-electron chi connectivity index (χ2n) is 8.19. The summed E-state index contributed by atoms with van der Waals surface area (Å²) in [4.78, 5) is 39.2. The average Bonchev–Trinajstić information content (AvgIpc) is 3.32. The number of rotatable bonds is 4. The summed E-state index contributed by atoms with van der Waals surface area (Å²) in [5.74, 6) is 0.215. The maximum atomic E-state index is 13.1. The molecule has 2 aliphatic heterocycles. The number of hydrogen-bond donors (Lipinski definition) is 2. The standard InChI is InChI=1S/C23H23N3O5/c1-23(16-6-8-18-19(12-16)31-10-9-30-18)21(28)26(22(29)25-23)13-20(27)24-17-7-5-14-3-2-4-15(14)11-17/h5-8,11-12H,2-4,9-10,13H2,1H3,(H,24,27)(H,25,29)/t23-/m0/s1. The number of fused-ring (bicyclic) bond motifs is 2. The Kier molecular flexibility index (Phi) is 4.57. The highest BCUT2D eigenvalue weighted by Gasteiger charge is 2.49. The molecule has 2 heterocycles. The van der Waals surface area contributed by atoms with Gasteiger partial charge in [0.15, 0.2) is 11.5 Å². The van der Waals surface area contributed by atoms with Crippen molar-refractivity contribution >= 4 is 23.5 Å². The number of hydrogen-bond acceptors (Lipinski definition) is 5. The largest absolute Gasteiger partial charge is 0.486 e. The van der Waals surface area contributed by atoms with Crippen LogP contribution in [0.4, 0.5) is 10.5 Å². The predicted molar refractivity (Wildman–Crippen MR) is 112 cm³/mol. The molecule has 1 saturated heterocycles. The van der Waals surface area contributed by atoms with Crippen molar-refractivity contribution in [1.29, 1.82) is 0 Å². The Hall–Kier alpha value is -3.55. The molecule has 8 heteroatoms. The molecule has 0 saturated carbocycles. The summed E-state index contributed by atoms with van der Waals surface area (Å²) in [5, 5.41) is 5.52. The van der Waals surface area contributed by atoms with Crippen molar-refractivity contribution < 1.29 is 23.9 Å². The van der Waals surface area contributed by atoms with Gasteiger partial charge >= 0.3 is 6.03 Å². The van der Waals surface area contributed by atoms with E-state index in [0.717, 1.165) is 24.2 Å². The zero-order valence-electron chi connectivity index (χ0n) is 17.2. The molecule has 1 aliphatic carbocycles. The van der Waals surface area contributed by atoms with Gasteiger partial charge in [0, 0.05) is 5.69 Å². The molecule has 0 aromatic heterocycles. The predicted octanol–water partition coefficient (Wildman–Crippen LogP) is 2.35. The molecule has 2 aromatic rings. The van der Waals surface area contributed by atoms with E-state index in [9.17, 15) is 14.4 Å². The lowest BCUT2D eigenvalue weighted by Crippen LogP contribution is -2.42. The molecule has 5 rings (SSSR count). The maximum absolute atomic E-state index is 13.1. The van der Waals surface area contributed by atoms with Gasteiger partial charge in [-0.3, -0.25) is 14.5 Å². The summed E-state index contributed by atoms with van der Waals surface area (Å²) >= 11 is 0. The summed E-state index contributed by atoms with van der Waals surface area (Å²) in [5.41, 5.74) is 2.49. The summed E-state index contributed by atoms with van der Waals surface area (Å²) in [6.07, 6.45) is 3.18. The van der Waals surface area contributed by atoms with Crippen LogP contribution in [0.15, 0.2) is 36.4 Å². The Morgan fingerprint density at radius 3 is 2.68 bits per heavy atom. The number of nitrogens with zero attached hydrogens (tertiary/aromatic N) is 1. The van der Waals surface area contributed by atoms with Gasteiger partial charge in [-0.2, -0.15) is 0 Å². The minimum atomic E-state index is -1.29. The highest BCUT2D eigenvalue weighted by Crippen LogP contribution is 2.36. The summed E-state index contributed by atoms with van der Waals surface area (Å²) in [7, 11) is 0. The van der Waals surface area contributed by atoms with Crippen LogP contribution < -0.4 is 20.1 Å². The third-order valence-corrected chi connectivity index (χ3v) is 6.08. The number of ether oxygens (including phenoxy) is 2. The van der Waals surface area contributed by atoms with Gasteiger partial charge in [-0.25, -0.2) is 4.79 Å². The van der Waals surface area contributed by atoms with Gasteiger partial charge < -0.3 is 20.1 Å². The number of nitrogens with one attached hydrogen (secondary N) is 2. The quantitative estimate of drug-likeness (QED) is 0.739. The third kappa shape index (κ3) is 3.37. The first-order chi connectivity index (χ1) is 14.9. The second-order valence-corrected chi connectivity index (χ2v) is 8.19. The SMILES string of the molecule is C[C@@]1(c2ccc3c(c2)OCCO3)NC(=O)N(CC(=O)Nc2ccc3c(c2)CCC3)C1=O. The van der Waals surface area contributed by atoms with Crippen molar-refractivity contribution in [3.63, 3.8) is 0 Å². The number of carbonyl (C=O) groups is 3. The van der Waals surface area contributed by atoms with Crippen molar-refractivity contribution in [3.8, 4) is 11.5 Å². The number of urea groups is 1. The Labute approximate surface area is 179 Å². The van der Waals surface area contributed by atoms with Gasteiger partial charge in [0.2, 0.25) is 5.91 Å². The van der Waals surface area contributed by atoms with Crippen molar-refractivity contribution in [2.45, 2.75) is 31.7 Å². The topological polar surface area (TPSA) is 97.0 Å². The van der Waals surface area contributed by atoms with E-state index in [4.69, 9.17) is 9.47 Å². The molecule has 160 valence electrons. The number of anilines is 1. The fraction of sp³-hybridized carbons (Fsp3) is 0.348. The van der Waals surface area contributed by atoms with Crippen molar-refractivity contribution in [2.24, 2.45) is 0 Å². The second kappa shape index (κ2) is 7.30. The molecule has 0 radical (unpaired) electrons. The zero-order valence-corrected chi connectivity index (χ0v) is 17.2. The molecule has 2 N–H and O–H groups in total. The van der Waals surface area contributed by atoms with Crippen LogP contribution >= 0.6 is 0 Å². The Balaban J connectivity index is 1.31. The monoisotopic (exact) mass is 421 g/mol.